The molecule has 0 unspecified atom stereocenters. The maximum Gasteiger partial charge on any atom is 0.337 e. The number of aromatic carboxylic acids is 1. The first kappa shape index (κ1) is 13.0. The van der Waals surface area contributed by atoms with Gasteiger partial charge in [-0.1, -0.05) is 11.6 Å². The quantitative estimate of drug-likeness (QED) is 0.896. The van der Waals surface area contributed by atoms with Gasteiger partial charge in [-0.25, -0.2) is 4.79 Å². The van der Waals surface area contributed by atoms with Gasteiger partial charge in [0.2, 0.25) is 0 Å². The van der Waals surface area contributed by atoms with Crippen LogP contribution in [0.25, 0.3) is 0 Å². The van der Waals surface area contributed by atoms with Gasteiger partial charge in [-0.15, -0.1) is 0 Å². The molecule has 6 nitrogen and oxygen atoms in total. The number of nitrogens with zero attached hydrogens (tertiary/aromatic N) is 2. The summed E-state index contributed by atoms with van der Waals surface area (Å²) >= 11 is 5.78. The lowest BCUT2D eigenvalue weighted by atomic mass is 10.1. The second-order valence-corrected chi connectivity index (χ2v) is 4.02. The summed E-state index contributed by atoms with van der Waals surface area (Å²) in [7, 11) is 0. The molecule has 0 spiro atoms. The highest BCUT2D eigenvalue weighted by molar-refractivity contribution is 6.31. The Hall–Kier alpha value is -2.47. The fourth-order valence-corrected chi connectivity index (χ4v) is 1.60. The number of aromatic nitrogens is 2. The normalized spacial score (nSPS) is 9.95. The molecule has 0 aliphatic rings. The van der Waals surface area contributed by atoms with E-state index in [4.69, 9.17) is 16.7 Å². The number of rotatable bonds is 3. The van der Waals surface area contributed by atoms with Crippen molar-refractivity contribution in [3.8, 4) is 0 Å². The topological polar surface area (TPSA) is 92.2 Å². The molecule has 0 aliphatic carbocycles. The predicted molar refractivity (Wildman–Crippen MR) is 68.4 cm³/mol. The Morgan fingerprint density at radius 3 is 2.63 bits per heavy atom. The lowest BCUT2D eigenvalue weighted by molar-refractivity contribution is 0.0698. The Bertz CT molecular complexity index is 631. The van der Waals surface area contributed by atoms with Gasteiger partial charge >= 0.3 is 5.97 Å². The largest absolute Gasteiger partial charge is 0.478 e. The molecule has 0 aliphatic heterocycles. The van der Waals surface area contributed by atoms with Crippen molar-refractivity contribution in [1.29, 1.82) is 0 Å². The van der Waals surface area contributed by atoms with Crippen LogP contribution in [-0.2, 0) is 0 Å². The summed E-state index contributed by atoms with van der Waals surface area (Å²) < 4.78 is 0. The van der Waals surface area contributed by atoms with E-state index in [-0.39, 0.29) is 16.8 Å². The lowest BCUT2D eigenvalue weighted by Crippen LogP contribution is -2.15. The van der Waals surface area contributed by atoms with Crippen molar-refractivity contribution in [3.63, 3.8) is 0 Å². The van der Waals surface area contributed by atoms with Crippen LogP contribution in [0, 0.1) is 0 Å². The van der Waals surface area contributed by atoms with E-state index in [1.807, 2.05) is 0 Å². The summed E-state index contributed by atoms with van der Waals surface area (Å²) in [4.78, 5) is 22.9. The molecule has 0 saturated carbocycles. The van der Waals surface area contributed by atoms with E-state index < -0.39 is 11.9 Å². The van der Waals surface area contributed by atoms with Gasteiger partial charge < -0.3 is 10.4 Å². The van der Waals surface area contributed by atoms with Gasteiger partial charge in [-0.2, -0.15) is 10.2 Å². The van der Waals surface area contributed by atoms with Gasteiger partial charge in [0, 0.05) is 5.02 Å². The molecule has 0 bridgehead atoms. The Kier molecular flexibility index (Phi) is 3.72. The Balaban J connectivity index is 2.31. The van der Waals surface area contributed by atoms with Crippen LogP contribution in [0.1, 0.15) is 20.7 Å². The second-order valence-electron chi connectivity index (χ2n) is 3.58. The molecule has 19 heavy (non-hydrogen) atoms. The van der Waals surface area contributed by atoms with E-state index in [0.29, 0.717) is 5.02 Å². The highest BCUT2D eigenvalue weighted by Gasteiger charge is 2.14. The first-order valence-corrected chi connectivity index (χ1v) is 5.56. The van der Waals surface area contributed by atoms with Gasteiger partial charge in [0.15, 0.2) is 0 Å². The van der Waals surface area contributed by atoms with Crippen LogP contribution >= 0.6 is 11.6 Å². The smallest absolute Gasteiger partial charge is 0.337 e. The maximum absolute atomic E-state index is 11.9. The predicted octanol–water partition coefficient (Wildman–Crippen LogP) is 2.08. The maximum atomic E-state index is 11.9. The summed E-state index contributed by atoms with van der Waals surface area (Å²) in [6.45, 7) is 0. The van der Waals surface area contributed by atoms with Crippen LogP contribution in [0.2, 0.25) is 5.02 Å². The number of hydrogen-bond acceptors (Lipinski definition) is 4. The fraction of sp³-hybridized carbons (Fsp3) is 0. The molecule has 7 heteroatoms. The Morgan fingerprint density at radius 1 is 1.21 bits per heavy atom. The van der Waals surface area contributed by atoms with Crippen LogP contribution < -0.4 is 5.32 Å². The summed E-state index contributed by atoms with van der Waals surface area (Å²) in [5.74, 6) is -1.64. The van der Waals surface area contributed by atoms with Crippen molar-refractivity contribution in [2.75, 3.05) is 5.32 Å². The zero-order chi connectivity index (χ0) is 13.8. The number of hydrogen-bond donors (Lipinski definition) is 2. The van der Waals surface area contributed by atoms with E-state index in [2.05, 4.69) is 15.5 Å². The summed E-state index contributed by atoms with van der Waals surface area (Å²) in [5, 5.41) is 18.9. The van der Waals surface area contributed by atoms with Gasteiger partial charge in [-0.05, 0) is 24.3 Å². The van der Waals surface area contributed by atoms with Crippen molar-refractivity contribution in [2.45, 2.75) is 0 Å². The molecule has 1 amide bonds. The minimum absolute atomic E-state index is 0.0419. The number of amides is 1. The molecule has 0 fully saturated rings. The third kappa shape index (κ3) is 3.05. The molecule has 1 aromatic heterocycles. The number of carboxylic acids is 1. The van der Waals surface area contributed by atoms with Crippen LogP contribution in [-0.4, -0.2) is 27.2 Å². The molecule has 1 aromatic carbocycles. The number of anilines is 1. The molecule has 0 saturated heterocycles. The zero-order valence-electron chi connectivity index (χ0n) is 9.50. The van der Waals surface area contributed by atoms with Gasteiger partial charge in [0.1, 0.15) is 0 Å². The number of nitrogens with one attached hydrogen (secondary N) is 1. The minimum atomic E-state index is -1.15. The molecule has 0 atom stereocenters. The molecular weight excluding hydrogens is 270 g/mol. The van der Waals surface area contributed by atoms with Crippen molar-refractivity contribution < 1.29 is 14.7 Å². The van der Waals surface area contributed by atoms with Crippen LogP contribution in [0.5, 0.6) is 0 Å². The zero-order valence-corrected chi connectivity index (χ0v) is 10.3. The first-order chi connectivity index (χ1) is 9.08. The van der Waals surface area contributed by atoms with E-state index in [1.54, 1.807) is 0 Å². The average Bonchev–Trinajstić information content (AvgIpc) is 2.39. The van der Waals surface area contributed by atoms with Crippen LogP contribution in [0.3, 0.4) is 0 Å². The molecule has 1 heterocycles. The Labute approximate surface area is 113 Å². The highest BCUT2D eigenvalue weighted by atomic mass is 35.5. The standard InChI is InChI=1S/C12H8ClN3O3/c13-8-1-2-9(12(18)19)10(5-8)16-11(17)7-3-4-14-15-6-7/h1-6H,(H,16,17)(H,18,19). The van der Waals surface area contributed by atoms with Gasteiger partial charge in [-0.3, -0.25) is 4.79 Å². The van der Waals surface area contributed by atoms with Crippen LogP contribution in [0.4, 0.5) is 5.69 Å². The van der Waals surface area contributed by atoms with E-state index in [9.17, 15) is 9.59 Å². The van der Waals surface area contributed by atoms with Crippen molar-refractivity contribution >= 4 is 29.2 Å². The summed E-state index contributed by atoms with van der Waals surface area (Å²) in [5.41, 5.74) is 0.355. The molecule has 2 rings (SSSR count). The molecule has 96 valence electrons. The lowest BCUT2D eigenvalue weighted by Gasteiger charge is -2.08. The second kappa shape index (κ2) is 5.45. The van der Waals surface area contributed by atoms with Gasteiger partial charge in [0.05, 0.1) is 29.2 Å². The average molecular weight is 278 g/mol. The monoisotopic (exact) mass is 277 g/mol. The molecular formula is C12H8ClN3O3. The minimum Gasteiger partial charge on any atom is -0.478 e. The fourth-order valence-electron chi connectivity index (χ4n) is 1.43. The van der Waals surface area contributed by atoms with Crippen molar-refractivity contribution in [1.82, 2.24) is 10.2 Å². The highest BCUT2D eigenvalue weighted by Crippen LogP contribution is 2.21. The molecule has 0 radical (unpaired) electrons. The van der Waals surface area contributed by atoms with Crippen molar-refractivity contribution in [2.24, 2.45) is 0 Å². The number of halogens is 1. The third-order valence-corrected chi connectivity index (χ3v) is 2.54. The SMILES string of the molecule is O=C(Nc1cc(Cl)ccc1C(=O)O)c1ccnnc1. The number of carboxylic acid groups (broad SMARTS) is 1. The van der Waals surface area contributed by atoms with Crippen molar-refractivity contribution in [3.05, 3.63) is 52.8 Å². The Morgan fingerprint density at radius 2 is 2.00 bits per heavy atom. The van der Waals surface area contributed by atoms with E-state index in [1.165, 1.54) is 36.7 Å². The molecule has 2 N–H and O–H groups in total. The third-order valence-electron chi connectivity index (χ3n) is 2.31. The number of benzene rings is 1. The van der Waals surface area contributed by atoms with Gasteiger partial charge in [0.25, 0.3) is 5.91 Å². The van der Waals surface area contributed by atoms with Crippen LogP contribution in [0.15, 0.2) is 36.7 Å². The summed E-state index contributed by atoms with van der Waals surface area (Å²) in [6, 6.07) is 5.60. The molecule has 2 aromatic rings. The summed E-state index contributed by atoms with van der Waals surface area (Å²) in [6.07, 6.45) is 2.64. The number of carbonyl (C=O) groups excluding carboxylic acids is 1. The first-order valence-electron chi connectivity index (χ1n) is 5.19. The number of carbonyl (C=O) groups is 2. The van der Waals surface area contributed by atoms with E-state index in [0.717, 1.165) is 0 Å². The van der Waals surface area contributed by atoms with E-state index >= 15 is 0 Å².